The first kappa shape index (κ1) is 15.6. The number of hydrogen-bond donors (Lipinski definition) is 0. The maximum atomic E-state index is 12.8. The number of nitrogens with zero attached hydrogens (tertiary/aromatic N) is 2. The molecule has 1 aromatic heterocycles. The smallest absolute Gasteiger partial charge is 0.226 e. The number of carbonyl (C=O) groups is 1. The first-order valence-electron chi connectivity index (χ1n) is 8.85. The summed E-state index contributed by atoms with van der Waals surface area (Å²) in [4.78, 5) is 19.0. The van der Waals surface area contributed by atoms with Crippen LogP contribution in [0.15, 0.2) is 36.7 Å². The fourth-order valence-corrected chi connectivity index (χ4v) is 4.18. The minimum Gasteiger partial charge on any atom is -0.491 e. The first-order chi connectivity index (χ1) is 11.8. The van der Waals surface area contributed by atoms with Gasteiger partial charge < -0.3 is 14.4 Å². The average Bonchev–Trinajstić information content (AvgIpc) is 3.29. The van der Waals surface area contributed by atoms with Crippen LogP contribution in [0, 0.1) is 11.3 Å². The molecule has 0 bridgehead atoms. The molecule has 0 aromatic carbocycles. The van der Waals surface area contributed by atoms with Gasteiger partial charge in [-0.05, 0) is 37.8 Å². The molecule has 0 radical (unpaired) electrons. The van der Waals surface area contributed by atoms with E-state index in [4.69, 9.17) is 9.47 Å². The van der Waals surface area contributed by atoms with Gasteiger partial charge in [0.15, 0.2) is 0 Å². The summed E-state index contributed by atoms with van der Waals surface area (Å²) in [6.07, 6.45) is 11.5. The number of amides is 1. The lowest BCUT2D eigenvalue weighted by molar-refractivity contribution is -0.142. The summed E-state index contributed by atoms with van der Waals surface area (Å²) >= 11 is 0. The molecule has 0 N–H and O–H groups in total. The lowest BCUT2D eigenvalue weighted by Crippen LogP contribution is -2.55. The summed E-state index contributed by atoms with van der Waals surface area (Å²) in [5.74, 6) is 1.22. The highest BCUT2D eigenvalue weighted by atomic mass is 16.5. The van der Waals surface area contributed by atoms with E-state index in [2.05, 4.69) is 22.0 Å². The van der Waals surface area contributed by atoms with Crippen molar-refractivity contribution in [1.29, 1.82) is 0 Å². The van der Waals surface area contributed by atoms with Crippen LogP contribution in [-0.2, 0) is 9.53 Å². The van der Waals surface area contributed by atoms with Crippen molar-refractivity contribution < 1.29 is 14.3 Å². The number of pyridine rings is 1. The van der Waals surface area contributed by atoms with Crippen molar-refractivity contribution in [2.75, 3.05) is 26.3 Å². The van der Waals surface area contributed by atoms with E-state index in [0.29, 0.717) is 12.5 Å². The van der Waals surface area contributed by atoms with Crippen LogP contribution in [0.25, 0.3) is 0 Å². The van der Waals surface area contributed by atoms with Crippen LogP contribution in [0.2, 0.25) is 0 Å². The molecule has 4 rings (SSSR count). The third-order valence-electron chi connectivity index (χ3n) is 5.60. The molecule has 3 aliphatic rings. The zero-order valence-electron chi connectivity index (χ0n) is 13.9. The Morgan fingerprint density at radius 1 is 1.42 bits per heavy atom. The lowest BCUT2D eigenvalue weighted by Gasteiger charge is -2.44. The van der Waals surface area contributed by atoms with Gasteiger partial charge in [-0.1, -0.05) is 12.2 Å². The molecule has 5 nitrogen and oxygen atoms in total. The molecule has 128 valence electrons. The summed E-state index contributed by atoms with van der Waals surface area (Å²) in [6.45, 7) is 2.88. The Kier molecular flexibility index (Phi) is 4.27. The van der Waals surface area contributed by atoms with Crippen LogP contribution in [0.4, 0.5) is 0 Å². The van der Waals surface area contributed by atoms with E-state index in [1.165, 1.54) is 0 Å². The second-order valence-electron chi connectivity index (χ2n) is 7.14. The van der Waals surface area contributed by atoms with Gasteiger partial charge in [0.05, 0.1) is 24.3 Å². The van der Waals surface area contributed by atoms with E-state index in [9.17, 15) is 4.79 Å². The number of likely N-dealkylation sites (tertiary alicyclic amines) is 1. The topological polar surface area (TPSA) is 51.7 Å². The fraction of sp³-hybridized carbons (Fsp3) is 0.579. The molecule has 24 heavy (non-hydrogen) atoms. The molecule has 2 saturated heterocycles. The maximum absolute atomic E-state index is 12.8. The van der Waals surface area contributed by atoms with Gasteiger partial charge in [-0.2, -0.15) is 0 Å². The highest BCUT2D eigenvalue weighted by molar-refractivity contribution is 5.79. The largest absolute Gasteiger partial charge is 0.491 e. The number of hydrogen-bond acceptors (Lipinski definition) is 4. The highest BCUT2D eigenvalue weighted by Gasteiger charge is 2.50. The fourth-order valence-electron chi connectivity index (χ4n) is 4.18. The third kappa shape index (κ3) is 2.93. The third-order valence-corrected chi connectivity index (χ3v) is 5.60. The quantitative estimate of drug-likeness (QED) is 0.797. The number of aromatic nitrogens is 1. The molecule has 3 heterocycles. The van der Waals surface area contributed by atoms with Crippen molar-refractivity contribution in [2.24, 2.45) is 11.3 Å². The van der Waals surface area contributed by atoms with Crippen LogP contribution < -0.4 is 4.74 Å². The second-order valence-corrected chi connectivity index (χ2v) is 7.14. The van der Waals surface area contributed by atoms with Crippen LogP contribution in [0.1, 0.15) is 25.7 Å². The molecule has 1 aromatic rings. The predicted octanol–water partition coefficient (Wildman–Crippen LogP) is 2.43. The van der Waals surface area contributed by atoms with Crippen LogP contribution in [-0.4, -0.2) is 48.2 Å². The molecule has 0 saturated carbocycles. The van der Waals surface area contributed by atoms with Gasteiger partial charge in [0.1, 0.15) is 5.75 Å². The van der Waals surface area contributed by atoms with Crippen molar-refractivity contribution in [3.05, 3.63) is 36.7 Å². The van der Waals surface area contributed by atoms with Gasteiger partial charge in [-0.25, -0.2) is 0 Å². The second kappa shape index (κ2) is 6.55. The standard InChI is InChI=1S/C19H24N2O3/c22-18(15-4-1-2-5-15)21-10-7-17-19(13-21,8-11-23-17)14-24-16-6-3-9-20-12-16/h1-3,6,9,12,15,17H,4-5,7-8,10-11,13-14H2/t17-,19+/m0/s1. The molecule has 2 fully saturated rings. The van der Waals surface area contributed by atoms with Gasteiger partial charge >= 0.3 is 0 Å². The van der Waals surface area contributed by atoms with Gasteiger partial charge in [0, 0.05) is 31.8 Å². The van der Waals surface area contributed by atoms with Crippen molar-refractivity contribution in [3.8, 4) is 5.75 Å². The number of allylic oxidation sites excluding steroid dienone is 2. The normalized spacial score (nSPS) is 29.7. The molecule has 2 atom stereocenters. The van der Waals surface area contributed by atoms with Crippen molar-refractivity contribution in [1.82, 2.24) is 9.88 Å². The lowest BCUT2D eigenvalue weighted by atomic mass is 9.77. The van der Waals surface area contributed by atoms with E-state index in [1.54, 1.807) is 12.4 Å². The van der Waals surface area contributed by atoms with E-state index in [-0.39, 0.29) is 17.4 Å². The van der Waals surface area contributed by atoms with E-state index >= 15 is 0 Å². The molecule has 2 aliphatic heterocycles. The van der Waals surface area contributed by atoms with Crippen LogP contribution >= 0.6 is 0 Å². The minimum absolute atomic E-state index is 0.0875. The van der Waals surface area contributed by atoms with Crippen molar-refractivity contribution >= 4 is 5.91 Å². The number of carbonyl (C=O) groups excluding carboxylic acids is 1. The molecule has 1 amide bonds. The Hall–Kier alpha value is -1.88. The molecule has 0 unspecified atom stereocenters. The number of ether oxygens (including phenoxy) is 2. The highest BCUT2D eigenvalue weighted by Crippen LogP contribution is 2.42. The Morgan fingerprint density at radius 3 is 3.08 bits per heavy atom. The van der Waals surface area contributed by atoms with Crippen molar-refractivity contribution in [3.63, 3.8) is 0 Å². The van der Waals surface area contributed by atoms with Crippen LogP contribution in [0.3, 0.4) is 0 Å². The average molecular weight is 328 g/mol. The summed E-state index contributed by atoms with van der Waals surface area (Å²) in [7, 11) is 0. The number of fused-ring (bicyclic) bond motifs is 1. The Morgan fingerprint density at radius 2 is 2.29 bits per heavy atom. The van der Waals surface area contributed by atoms with Crippen molar-refractivity contribution in [2.45, 2.75) is 31.8 Å². The zero-order chi connectivity index (χ0) is 16.4. The summed E-state index contributed by atoms with van der Waals surface area (Å²) in [5.41, 5.74) is -0.0875. The van der Waals surface area contributed by atoms with Gasteiger partial charge in [0.25, 0.3) is 0 Å². The summed E-state index contributed by atoms with van der Waals surface area (Å²) in [5, 5.41) is 0. The summed E-state index contributed by atoms with van der Waals surface area (Å²) in [6, 6.07) is 3.80. The van der Waals surface area contributed by atoms with Gasteiger partial charge in [-0.3, -0.25) is 9.78 Å². The predicted molar refractivity (Wildman–Crippen MR) is 89.6 cm³/mol. The zero-order valence-corrected chi connectivity index (χ0v) is 13.9. The summed E-state index contributed by atoms with van der Waals surface area (Å²) < 4.78 is 12.0. The number of rotatable bonds is 4. The van der Waals surface area contributed by atoms with Gasteiger partial charge in [-0.15, -0.1) is 0 Å². The molecular weight excluding hydrogens is 304 g/mol. The first-order valence-corrected chi connectivity index (χ1v) is 8.85. The molecule has 0 spiro atoms. The Labute approximate surface area is 142 Å². The van der Waals surface area contributed by atoms with E-state index in [1.807, 2.05) is 12.1 Å². The molecule has 5 heteroatoms. The van der Waals surface area contributed by atoms with Gasteiger partial charge in [0.2, 0.25) is 5.91 Å². The Bertz CT molecular complexity index is 610. The van der Waals surface area contributed by atoms with E-state index < -0.39 is 0 Å². The van der Waals surface area contributed by atoms with E-state index in [0.717, 1.165) is 51.1 Å². The molecular formula is C19H24N2O3. The maximum Gasteiger partial charge on any atom is 0.226 e. The molecule has 1 aliphatic carbocycles. The SMILES string of the molecule is O=C(C1CC=CC1)N1CC[C@@H]2OCC[C@]2(COc2cccnc2)C1. The monoisotopic (exact) mass is 328 g/mol. The number of piperidine rings is 1. The Balaban J connectivity index is 1.45. The van der Waals surface area contributed by atoms with Crippen LogP contribution in [0.5, 0.6) is 5.75 Å². The minimum atomic E-state index is -0.0875.